The molecule has 6 nitrogen and oxygen atoms in total. The molecular weight excluding hydrogens is 400 g/mol. The van der Waals surface area contributed by atoms with Gasteiger partial charge in [0.05, 0.1) is 11.1 Å². The summed E-state index contributed by atoms with van der Waals surface area (Å²) in [5.74, 6) is 0.642. The summed E-state index contributed by atoms with van der Waals surface area (Å²) in [4.78, 5) is 19.7. The highest BCUT2D eigenvalue weighted by Crippen LogP contribution is 2.26. The van der Waals surface area contributed by atoms with Gasteiger partial charge >= 0.3 is 0 Å². The molecule has 0 radical (unpaired) electrons. The zero-order valence-electron chi connectivity index (χ0n) is 16.8. The van der Waals surface area contributed by atoms with Gasteiger partial charge in [-0.2, -0.15) is 4.98 Å². The molecular formula is C23H25ClN4O2. The lowest BCUT2D eigenvalue weighted by molar-refractivity contribution is 0.0949. The van der Waals surface area contributed by atoms with Gasteiger partial charge in [-0.3, -0.25) is 4.79 Å². The first-order valence-electron chi connectivity index (χ1n) is 10.4. The lowest BCUT2D eigenvalue weighted by atomic mass is 10.1. The van der Waals surface area contributed by atoms with E-state index in [1.165, 1.54) is 25.7 Å². The smallest absolute Gasteiger partial charge is 0.259 e. The minimum absolute atomic E-state index is 0.133. The van der Waals surface area contributed by atoms with E-state index in [-0.39, 0.29) is 5.91 Å². The quantitative estimate of drug-likeness (QED) is 0.623. The van der Waals surface area contributed by atoms with Gasteiger partial charge in [-0.05, 0) is 62.3 Å². The Morgan fingerprint density at radius 3 is 2.53 bits per heavy atom. The van der Waals surface area contributed by atoms with E-state index >= 15 is 0 Å². The monoisotopic (exact) mass is 424 g/mol. The number of hydrogen-bond acceptors (Lipinski definition) is 5. The first-order chi connectivity index (χ1) is 14.7. The number of nitrogens with one attached hydrogen (secondary N) is 1. The van der Waals surface area contributed by atoms with E-state index in [1.807, 2.05) is 30.3 Å². The maximum Gasteiger partial charge on any atom is 0.259 e. The Bertz CT molecular complexity index is 979. The maximum atomic E-state index is 12.8. The minimum Gasteiger partial charge on any atom is -0.351 e. The standard InChI is InChI=1S/C23H25ClN4O2/c24-18-11-9-17(10-12-18)21-26-23(30-27-21)20-8-4-3-7-19(20)22(29)25-13-16-28-14-5-1-2-6-15-28/h3-4,7-12H,1-2,5-6,13-16H2,(H,25,29). The maximum absolute atomic E-state index is 12.8. The highest BCUT2D eigenvalue weighted by molar-refractivity contribution is 6.30. The number of amides is 1. The van der Waals surface area contributed by atoms with E-state index in [9.17, 15) is 4.79 Å². The Kier molecular flexibility index (Phi) is 6.77. The molecule has 1 saturated heterocycles. The lowest BCUT2D eigenvalue weighted by Crippen LogP contribution is -2.35. The summed E-state index contributed by atoms with van der Waals surface area (Å²) in [7, 11) is 0. The molecule has 0 bridgehead atoms. The van der Waals surface area contributed by atoms with Crippen LogP contribution in [0.3, 0.4) is 0 Å². The van der Waals surface area contributed by atoms with Crippen LogP contribution in [0.1, 0.15) is 36.0 Å². The molecule has 0 unspecified atom stereocenters. The van der Waals surface area contributed by atoms with Crippen molar-refractivity contribution in [1.82, 2.24) is 20.4 Å². The van der Waals surface area contributed by atoms with E-state index < -0.39 is 0 Å². The molecule has 1 N–H and O–H groups in total. The zero-order chi connectivity index (χ0) is 20.8. The van der Waals surface area contributed by atoms with Crippen molar-refractivity contribution < 1.29 is 9.32 Å². The Balaban J connectivity index is 1.44. The fourth-order valence-corrected chi connectivity index (χ4v) is 3.83. The van der Waals surface area contributed by atoms with Gasteiger partial charge in [-0.1, -0.05) is 41.7 Å². The van der Waals surface area contributed by atoms with Crippen LogP contribution < -0.4 is 5.32 Å². The fraction of sp³-hybridized carbons (Fsp3) is 0.348. The van der Waals surface area contributed by atoms with Crippen molar-refractivity contribution in [1.29, 1.82) is 0 Å². The molecule has 3 aromatic rings. The molecule has 7 heteroatoms. The van der Waals surface area contributed by atoms with Crippen LogP contribution in [0.2, 0.25) is 5.02 Å². The average Bonchev–Trinajstić information content (AvgIpc) is 3.12. The first-order valence-corrected chi connectivity index (χ1v) is 10.8. The molecule has 30 heavy (non-hydrogen) atoms. The number of hydrogen-bond donors (Lipinski definition) is 1. The molecule has 0 saturated carbocycles. The van der Waals surface area contributed by atoms with Crippen molar-refractivity contribution in [2.75, 3.05) is 26.2 Å². The molecule has 2 aromatic carbocycles. The van der Waals surface area contributed by atoms with Gasteiger partial charge < -0.3 is 14.7 Å². The minimum atomic E-state index is -0.133. The molecule has 1 fully saturated rings. The predicted molar refractivity (Wildman–Crippen MR) is 117 cm³/mol. The van der Waals surface area contributed by atoms with Gasteiger partial charge in [0.1, 0.15) is 0 Å². The number of halogens is 1. The number of benzene rings is 2. The van der Waals surface area contributed by atoms with E-state index in [0.29, 0.717) is 34.4 Å². The largest absolute Gasteiger partial charge is 0.351 e. The van der Waals surface area contributed by atoms with E-state index in [4.69, 9.17) is 16.1 Å². The van der Waals surface area contributed by atoms with Gasteiger partial charge in [-0.25, -0.2) is 0 Å². The Morgan fingerprint density at radius 2 is 1.77 bits per heavy atom. The number of nitrogens with zero attached hydrogens (tertiary/aromatic N) is 3. The fourth-order valence-electron chi connectivity index (χ4n) is 3.70. The van der Waals surface area contributed by atoms with Crippen molar-refractivity contribution in [3.8, 4) is 22.8 Å². The molecule has 4 rings (SSSR count). The van der Waals surface area contributed by atoms with Gasteiger partial charge in [0.15, 0.2) is 0 Å². The number of carbonyl (C=O) groups is 1. The van der Waals surface area contributed by atoms with Crippen LogP contribution in [0.5, 0.6) is 0 Å². The van der Waals surface area contributed by atoms with Crippen LogP contribution in [0, 0.1) is 0 Å². The van der Waals surface area contributed by atoms with Crippen LogP contribution in [-0.2, 0) is 0 Å². The summed E-state index contributed by atoms with van der Waals surface area (Å²) in [5, 5.41) is 7.74. The summed E-state index contributed by atoms with van der Waals surface area (Å²) < 4.78 is 5.46. The Morgan fingerprint density at radius 1 is 1.03 bits per heavy atom. The highest BCUT2D eigenvalue weighted by Gasteiger charge is 2.18. The van der Waals surface area contributed by atoms with Crippen molar-refractivity contribution in [2.24, 2.45) is 0 Å². The van der Waals surface area contributed by atoms with Gasteiger partial charge in [0, 0.05) is 23.7 Å². The molecule has 1 aliphatic rings. The van der Waals surface area contributed by atoms with E-state index in [0.717, 1.165) is 25.2 Å². The topological polar surface area (TPSA) is 71.3 Å². The Labute approximate surface area is 181 Å². The number of carbonyl (C=O) groups excluding carboxylic acids is 1. The molecule has 0 atom stereocenters. The highest BCUT2D eigenvalue weighted by atomic mass is 35.5. The normalized spacial score (nSPS) is 15.0. The molecule has 1 aromatic heterocycles. The van der Waals surface area contributed by atoms with Crippen LogP contribution in [0.25, 0.3) is 22.8 Å². The SMILES string of the molecule is O=C(NCCN1CCCCCC1)c1ccccc1-c1nc(-c2ccc(Cl)cc2)no1. The van der Waals surface area contributed by atoms with Crippen LogP contribution in [0.4, 0.5) is 0 Å². The van der Waals surface area contributed by atoms with Crippen molar-refractivity contribution in [2.45, 2.75) is 25.7 Å². The average molecular weight is 425 g/mol. The molecule has 1 aliphatic heterocycles. The van der Waals surface area contributed by atoms with E-state index in [2.05, 4.69) is 20.4 Å². The van der Waals surface area contributed by atoms with E-state index in [1.54, 1.807) is 18.2 Å². The summed E-state index contributed by atoms with van der Waals surface area (Å²) in [6.07, 6.45) is 5.09. The summed E-state index contributed by atoms with van der Waals surface area (Å²) in [6.45, 7) is 3.71. The predicted octanol–water partition coefficient (Wildman–Crippen LogP) is 4.66. The second-order valence-corrected chi connectivity index (χ2v) is 7.92. The van der Waals surface area contributed by atoms with Gasteiger partial charge in [0.25, 0.3) is 11.8 Å². The Hall–Kier alpha value is -2.70. The van der Waals surface area contributed by atoms with Crippen LogP contribution in [0.15, 0.2) is 53.1 Å². The molecule has 0 aliphatic carbocycles. The van der Waals surface area contributed by atoms with Crippen molar-refractivity contribution in [3.05, 3.63) is 59.1 Å². The van der Waals surface area contributed by atoms with Gasteiger partial charge in [-0.15, -0.1) is 0 Å². The third-order valence-electron chi connectivity index (χ3n) is 5.34. The molecule has 0 spiro atoms. The van der Waals surface area contributed by atoms with Crippen LogP contribution >= 0.6 is 11.6 Å². The number of likely N-dealkylation sites (tertiary alicyclic amines) is 1. The molecule has 156 valence electrons. The summed E-state index contributed by atoms with van der Waals surface area (Å²) in [5.41, 5.74) is 1.95. The van der Waals surface area contributed by atoms with Crippen molar-refractivity contribution >= 4 is 17.5 Å². The third kappa shape index (κ3) is 5.07. The lowest BCUT2D eigenvalue weighted by Gasteiger charge is -2.19. The molecule has 1 amide bonds. The summed E-state index contributed by atoms with van der Waals surface area (Å²) >= 11 is 5.94. The molecule has 2 heterocycles. The zero-order valence-corrected chi connectivity index (χ0v) is 17.6. The van der Waals surface area contributed by atoms with Crippen LogP contribution in [-0.4, -0.2) is 47.1 Å². The second-order valence-electron chi connectivity index (χ2n) is 7.49. The van der Waals surface area contributed by atoms with Crippen molar-refractivity contribution in [3.63, 3.8) is 0 Å². The van der Waals surface area contributed by atoms with Gasteiger partial charge in [0.2, 0.25) is 5.82 Å². The number of aromatic nitrogens is 2. The first kappa shape index (κ1) is 20.6. The second kappa shape index (κ2) is 9.87. The number of rotatable bonds is 6. The third-order valence-corrected chi connectivity index (χ3v) is 5.59. The summed E-state index contributed by atoms with van der Waals surface area (Å²) in [6, 6.07) is 14.5.